The molecule has 136 valence electrons. The van der Waals surface area contributed by atoms with E-state index in [1.54, 1.807) is 0 Å². The Morgan fingerprint density at radius 3 is 1.64 bits per heavy atom. The van der Waals surface area contributed by atoms with Gasteiger partial charge in [-0.15, -0.1) is 0 Å². The SMILES string of the molecule is Cc1cc(-c2cc(C(F)(F)F)ccc2C(F)(F)F)cc(C(F)(F)F)c1. The van der Waals surface area contributed by atoms with Crippen molar-refractivity contribution in [3.63, 3.8) is 0 Å². The van der Waals surface area contributed by atoms with Gasteiger partial charge >= 0.3 is 18.5 Å². The Morgan fingerprint density at radius 1 is 0.600 bits per heavy atom. The zero-order valence-electron chi connectivity index (χ0n) is 12.4. The van der Waals surface area contributed by atoms with Gasteiger partial charge in [0.2, 0.25) is 0 Å². The highest BCUT2D eigenvalue weighted by molar-refractivity contribution is 5.70. The minimum atomic E-state index is -5.03. The molecule has 0 radical (unpaired) electrons. The Morgan fingerprint density at radius 2 is 1.16 bits per heavy atom. The lowest BCUT2D eigenvalue weighted by molar-refractivity contribution is -0.141. The first-order valence-corrected chi connectivity index (χ1v) is 6.67. The van der Waals surface area contributed by atoms with E-state index in [2.05, 4.69) is 0 Å². The third kappa shape index (κ3) is 4.26. The van der Waals surface area contributed by atoms with Crippen LogP contribution in [0, 0.1) is 6.92 Å². The average molecular weight is 372 g/mol. The summed E-state index contributed by atoms with van der Waals surface area (Å²) in [6, 6.07) is 2.74. The summed E-state index contributed by atoms with van der Waals surface area (Å²) in [7, 11) is 0. The average Bonchev–Trinajstić information content (AvgIpc) is 2.43. The van der Waals surface area contributed by atoms with Crippen molar-refractivity contribution in [2.75, 3.05) is 0 Å². The molecule has 0 aliphatic rings. The van der Waals surface area contributed by atoms with E-state index in [4.69, 9.17) is 0 Å². The molecular weight excluding hydrogens is 363 g/mol. The Hall–Kier alpha value is -2.19. The van der Waals surface area contributed by atoms with Crippen LogP contribution in [0.3, 0.4) is 0 Å². The van der Waals surface area contributed by atoms with Crippen molar-refractivity contribution in [1.29, 1.82) is 0 Å². The first-order valence-electron chi connectivity index (χ1n) is 6.67. The van der Waals surface area contributed by atoms with Crippen LogP contribution < -0.4 is 0 Å². The molecular formula is C16H9F9. The Kier molecular flexibility index (Phi) is 4.56. The number of aryl methyl sites for hydroxylation is 1. The van der Waals surface area contributed by atoms with E-state index < -0.39 is 46.3 Å². The van der Waals surface area contributed by atoms with Crippen molar-refractivity contribution in [3.05, 3.63) is 58.7 Å². The van der Waals surface area contributed by atoms with E-state index >= 15 is 0 Å². The summed E-state index contributed by atoms with van der Waals surface area (Å²) in [4.78, 5) is 0. The highest BCUT2D eigenvalue weighted by Crippen LogP contribution is 2.42. The summed E-state index contributed by atoms with van der Waals surface area (Å²) >= 11 is 0. The van der Waals surface area contributed by atoms with Gasteiger partial charge in [-0.2, -0.15) is 39.5 Å². The Labute approximate surface area is 135 Å². The maximum Gasteiger partial charge on any atom is 0.417 e. The second kappa shape index (κ2) is 5.96. The lowest BCUT2D eigenvalue weighted by Gasteiger charge is -2.17. The van der Waals surface area contributed by atoms with E-state index in [0.717, 1.165) is 6.07 Å². The fourth-order valence-corrected chi connectivity index (χ4v) is 2.31. The van der Waals surface area contributed by atoms with Crippen molar-refractivity contribution < 1.29 is 39.5 Å². The summed E-state index contributed by atoms with van der Waals surface area (Å²) in [5, 5.41) is 0. The van der Waals surface area contributed by atoms with Crippen LogP contribution in [0.2, 0.25) is 0 Å². The predicted octanol–water partition coefficient (Wildman–Crippen LogP) is 6.72. The molecule has 0 aliphatic heterocycles. The molecule has 0 N–H and O–H groups in total. The van der Waals surface area contributed by atoms with Gasteiger partial charge in [-0.1, -0.05) is 6.07 Å². The van der Waals surface area contributed by atoms with Gasteiger partial charge in [0.1, 0.15) is 0 Å². The molecule has 0 saturated heterocycles. The van der Waals surface area contributed by atoms with E-state index in [0.29, 0.717) is 12.1 Å². The van der Waals surface area contributed by atoms with Crippen molar-refractivity contribution in [2.24, 2.45) is 0 Å². The smallest absolute Gasteiger partial charge is 0.166 e. The molecule has 0 spiro atoms. The van der Waals surface area contributed by atoms with Crippen LogP contribution in [-0.2, 0) is 18.5 Å². The molecule has 9 heteroatoms. The number of halogens is 9. The first-order chi connectivity index (χ1) is 11.2. The van der Waals surface area contributed by atoms with Crippen LogP contribution in [0.5, 0.6) is 0 Å². The molecule has 0 fully saturated rings. The first kappa shape index (κ1) is 19.1. The van der Waals surface area contributed by atoms with Gasteiger partial charge in [-0.05, 0) is 53.9 Å². The van der Waals surface area contributed by atoms with E-state index in [1.165, 1.54) is 6.92 Å². The third-order valence-corrected chi connectivity index (χ3v) is 3.37. The summed E-state index contributed by atoms with van der Waals surface area (Å²) in [5.74, 6) is 0. The van der Waals surface area contributed by atoms with E-state index in [-0.39, 0.29) is 23.8 Å². The molecule has 0 heterocycles. The van der Waals surface area contributed by atoms with Gasteiger partial charge < -0.3 is 0 Å². The molecule has 0 nitrogen and oxygen atoms in total. The minimum absolute atomic E-state index is 0.0321. The highest BCUT2D eigenvalue weighted by Gasteiger charge is 2.38. The van der Waals surface area contributed by atoms with Crippen molar-refractivity contribution >= 4 is 0 Å². The molecule has 0 saturated carbocycles. The van der Waals surface area contributed by atoms with Gasteiger partial charge in [0.05, 0.1) is 16.7 Å². The predicted molar refractivity (Wildman–Crippen MR) is 71.6 cm³/mol. The van der Waals surface area contributed by atoms with Crippen LogP contribution in [0.4, 0.5) is 39.5 Å². The number of hydrogen-bond donors (Lipinski definition) is 0. The summed E-state index contributed by atoms with van der Waals surface area (Å²) in [6.45, 7) is 1.21. The summed E-state index contributed by atoms with van der Waals surface area (Å²) in [6.07, 6.45) is -14.8. The maximum atomic E-state index is 13.1. The monoisotopic (exact) mass is 372 g/mol. The zero-order chi connectivity index (χ0) is 19.2. The molecule has 0 atom stereocenters. The number of alkyl halides is 9. The molecule has 2 aromatic carbocycles. The molecule has 2 aromatic rings. The molecule has 0 aliphatic carbocycles. The van der Waals surface area contributed by atoms with Crippen LogP contribution in [0.15, 0.2) is 36.4 Å². The Balaban J connectivity index is 2.78. The highest BCUT2D eigenvalue weighted by atomic mass is 19.4. The molecule has 25 heavy (non-hydrogen) atoms. The van der Waals surface area contributed by atoms with E-state index in [9.17, 15) is 39.5 Å². The fraction of sp³-hybridized carbons (Fsp3) is 0.250. The van der Waals surface area contributed by atoms with Gasteiger partial charge in [0, 0.05) is 0 Å². The van der Waals surface area contributed by atoms with Crippen LogP contribution in [-0.4, -0.2) is 0 Å². The fourth-order valence-electron chi connectivity index (χ4n) is 2.31. The maximum absolute atomic E-state index is 13.1. The normalized spacial score (nSPS) is 13.2. The second-order valence-electron chi connectivity index (χ2n) is 5.34. The quantitative estimate of drug-likeness (QED) is 0.488. The van der Waals surface area contributed by atoms with Crippen LogP contribution >= 0.6 is 0 Å². The van der Waals surface area contributed by atoms with Crippen molar-refractivity contribution in [2.45, 2.75) is 25.5 Å². The summed E-state index contributed by atoms with van der Waals surface area (Å²) in [5.41, 5.74) is -5.66. The number of benzene rings is 2. The zero-order valence-corrected chi connectivity index (χ0v) is 12.4. The number of rotatable bonds is 1. The minimum Gasteiger partial charge on any atom is -0.166 e. The van der Waals surface area contributed by atoms with Gasteiger partial charge in [-0.25, -0.2) is 0 Å². The molecule has 2 rings (SSSR count). The molecule has 0 aromatic heterocycles. The molecule has 0 bridgehead atoms. The lowest BCUT2D eigenvalue weighted by Crippen LogP contribution is -2.11. The standard InChI is InChI=1S/C16H9F9/c1-8-4-9(6-11(5-8)15(20,21)22)12-7-10(14(17,18)19)2-3-13(12)16(23,24)25/h2-7H,1H3. The van der Waals surface area contributed by atoms with Gasteiger partial charge in [0.15, 0.2) is 0 Å². The lowest BCUT2D eigenvalue weighted by atomic mass is 9.94. The van der Waals surface area contributed by atoms with Gasteiger partial charge in [-0.3, -0.25) is 0 Å². The summed E-state index contributed by atoms with van der Waals surface area (Å²) < 4.78 is 116. The van der Waals surface area contributed by atoms with Gasteiger partial charge in [0.25, 0.3) is 0 Å². The van der Waals surface area contributed by atoms with Crippen molar-refractivity contribution in [3.8, 4) is 11.1 Å². The third-order valence-electron chi connectivity index (χ3n) is 3.37. The molecule has 0 amide bonds. The second-order valence-corrected chi connectivity index (χ2v) is 5.34. The topological polar surface area (TPSA) is 0 Å². The van der Waals surface area contributed by atoms with E-state index in [1.807, 2.05) is 0 Å². The van der Waals surface area contributed by atoms with Crippen molar-refractivity contribution in [1.82, 2.24) is 0 Å². The Bertz CT molecular complexity index is 780. The molecule has 0 unspecified atom stereocenters. The largest absolute Gasteiger partial charge is 0.417 e. The van der Waals surface area contributed by atoms with Crippen LogP contribution in [0.25, 0.3) is 11.1 Å². The van der Waals surface area contributed by atoms with Crippen LogP contribution in [0.1, 0.15) is 22.3 Å². The number of hydrogen-bond acceptors (Lipinski definition) is 0.